The highest BCUT2D eigenvalue weighted by atomic mass is 79.9. The molecule has 4 nitrogen and oxygen atoms in total. The highest BCUT2D eigenvalue weighted by Crippen LogP contribution is 2.31. The molecule has 0 aliphatic carbocycles. The van der Waals surface area contributed by atoms with E-state index in [1.807, 2.05) is 38.8 Å². The molecule has 0 spiro atoms. The summed E-state index contributed by atoms with van der Waals surface area (Å²) in [6.45, 7) is 7.23. The first-order valence-electron chi connectivity index (χ1n) is 8.21. The summed E-state index contributed by atoms with van der Waals surface area (Å²) in [5.41, 5.74) is 0.800. The fourth-order valence-corrected chi connectivity index (χ4v) is 3.57. The zero-order chi connectivity index (χ0) is 17.0. The average molecular weight is 383 g/mol. The maximum atomic E-state index is 12.3. The molecule has 5 heteroatoms. The summed E-state index contributed by atoms with van der Waals surface area (Å²) < 4.78 is 6.60. The summed E-state index contributed by atoms with van der Waals surface area (Å²) in [5, 5.41) is 3.42. The van der Waals surface area contributed by atoms with Crippen LogP contribution < -0.4 is 5.32 Å². The quantitative estimate of drug-likeness (QED) is 0.844. The van der Waals surface area contributed by atoms with E-state index in [0.29, 0.717) is 5.92 Å². The lowest BCUT2D eigenvalue weighted by atomic mass is 9.86. The molecule has 1 aliphatic rings. The van der Waals surface area contributed by atoms with Gasteiger partial charge in [-0.25, -0.2) is 4.79 Å². The van der Waals surface area contributed by atoms with Crippen LogP contribution in [0.15, 0.2) is 28.7 Å². The SMILES string of the molecule is CNC(c1cccc(Br)c1)C1CCCN(C(=O)OC(C)(C)C)C1. The Kier molecular flexibility index (Phi) is 6.09. The Labute approximate surface area is 147 Å². The van der Waals surface area contributed by atoms with Crippen LogP contribution >= 0.6 is 15.9 Å². The van der Waals surface area contributed by atoms with E-state index in [1.54, 1.807) is 0 Å². The van der Waals surface area contributed by atoms with Crippen molar-refractivity contribution in [1.29, 1.82) is 0 Å². The lowest BCUT2D eigenvalue weighted by molar-refractivity contribution is 0.0145. The van der Waals surface area contributed by atoms with E-state index in [-0.39, 0.29) is 12.1 Å². The summed E-state index contributed by atoms with van der Waals surface area (Å²) in [5.74, 6) is 0.385. The van der Waals surface area contributed by atoms with Crippen molar-refractivity contribution >= 4 is 22.0 Å². The minimum Gasteiger partial charge on any atom is -0.444 e. The molecule has 0 saturated carbocycles. The number of amides is 1. The highest BCUT2D eigenvalue weighted by Gasteiger charge is 2.31. The van der Waals surface area contributed by atoms with Crippen LogP contribution in [0, 0.1) is 5.92 Å². The lowest BCUT2D eigenvalue weighted by Gasteiger charge is -2.37. The summed E-state index contributed by atoms with van der Waals surface area (Å²) in [7, 11) is 1.98. The van der Waals surface area contributed by atoms with E-state index in [4.69, 9.17) is 4.74 Å². The van der Waals surface area contributed by atoms with Crippen LogP contribution in [0.2, 0.25) is 0 Å². The van der Waals surface area contributed by atoms with Gasteiger partial charge in [-0.05, 0) is 64.3 Å². The molecular weight excluding hydrogens is 356 g/mol. The van der Waals surface area contributed by atoms with E-state index in [0.717, 1.165) is 30.4 Å². The van der Waals surface area contributed by atoms with Crippen molar-refractivity contribution in [2.24, 2.45) is 5.92 Å². The predicted molar refractivity (Wildman–Crippen MR) is 96.5 cm³/mol. The number of ether oxygens (including phenoxy) is 1. The van der Waals surface area contributed by atoms with Crippen molar-refractivity contribution in [3.63, 3.8) is 0 Å². The second kappa shape index (κ2) is 7.67. The highest BCUT2D eigenvalue weighted by molar-refractivity contribution is 9.10. The number of nitrogens with zero attached hydrogens (tertiary/aromatic N) is 1. The average Bonchev–Trinajstić information content (AvgIpc) is 2.47. The first-order valence-corrected chi connectivity index (χ1v) is 9.00. The Bertz CT molecular complexity index is 542. The van der Waals surface area contributed by atoms with Crippen molar-refractivity contribution in [1.82, 2.24) is 10.2 Å². The van der Waals surface area contributed by atoms with E-state index in [9.17, 15) is 4.79 Å². The van der Waals surface area contributed by atoms with Gasteiger partial charge in [0.05, 0.1) is 0 Å². The third-order valence-electron chi connectivity index (χ3n) is 4.10. The molecule has 23 heavy (non-hydrogen) atoms. The van der Waals surface area contributed by atoms with Gasteiger partial charge in [-0.3, -0.25) is 0 Å². The molecule has 1 saturated heterocycles. The van der Waals surface area contributed by atoms with Crippen molar-refractivity contribution in [3.05, 3.63) is 34.3 Å². The fraction of sp³-hybridized carbons (Fsp3) is 0.611. The van der Waals surface area contributed by atoms with E-state index >= 15 is 0 Å². The molecule has 1 amide bonds. The van der Waals surface area contributed by atoms with Gasteiger partial charge in [0.1, 0.15) is 5.60 Å². The molecule has 1 fully saturated rings. The number of nitrogens with one attached hydrogen (secondary N) is 1. The second-order valence-electron chi connectivity index (χ2n) is 7.15. The summed E-state index contributed by atoms with van der Waals surface area (Å²) in [6.07, 6.45) is 1.92. The number of hydrogen-bond acceptors (Lipinski definition) is 3. The van der Waals surface area contributed by atoms with Crippen molar-refractivity contribution < 1.29 is 9.53 Å². The van der Waals surface area contributed by atoms with Gasteiger partial charge in [0.15, 0.2) is 0 Å². The van der Waals surface area contributed by atoms with Gasteiger partial charge in [0.2, 0.25) is 0 Å². The number of halogens is 1. The van der Waals surface area contributed by atoms with Crippen LogP contribution in [-0.2, 0) is 4.74 Å². The first-order chi connectivity index (χ1) is 10.8. The number of carbonyl (C=O) groups is 1. The molecular formula is C18H27BrN2O2. The van der Waals surface area contributed by atoms with Crippen molar-refractivity contribution in [2.75, 3.05) is 20.1 Å². The third-order valence-corrected chi connectivity index (χ3v) is 4.59. The molecule has 1 aliphatic heterocycles. The Balaban J connectivity index is 2.08. The molecule has 1 aromatic carbocycles. The third kappa shape index (κ3) is 5.21. The van der Waals surface area contributed by atoms with Crippen molar-refractivity contribution in [2.45, 2.75) is 45.3 Å². The molecule has 2 unspecified atom stereocenters. The van der Waals surface area contributed by atoms with Gasteiger partial charge in [-0.2, -0.15) is 0 Å². The molecule has 2 atom stereocenters. The predicted octanol–water partition coefficient (Wildman–Crippen LogP) is 4.36. The Morgan fingerprint density at radius 1 is 1.43 bits per heavy atom. The molecule has 1 aromatic rings. The largest absolute Gasteiger partial charge is 0.444 e. The number of carbonyl (C=O) groups excluding carboxylic acids is 1. The number of hydrogen-bond donors (Lipinski definition) is 1. The number of rotatable bonds is 3. The van der Waals surface area contributed by atoms with Crippen molar-refractivity contribution in [3.8, 4) is 0 Å². The number of likely N-dealkylation sites (tertiary alicyclic amines) is 1. The zero-order valence-corrected chi connectivity index (χ0v) is 16.0. The summed E-state index contributed by atoms with van der Waals surface area (Å²) in [4.78, 5) is 14.2. The molecule has 2 rings (SSSR count). The second-order valence-corrected chi connectivity index (χ2v) is 8.07. The normalized spacial score (nSPS) is 20.2. The number of benzene rings is 1. The Hall–Kier alpha value is -1.07. The van der Waals surface area contributed by atoms with Crippen LogP contribution in [0.4, 0.5) is 4.79 Å². The minimum atomic E-state index is -0.448. The molecule has 0 radical (unpaired) electrons. The molecule has 0 aromatic heterocycles. The maximum absolute atomic E-state index is 12.3. The monoisotopic (exact) mass is 382 g/mol. The van der Waals surface area contributed by atoms with Gasteiger partial charge in [-0.1, -0.05) is 28.1 Å². The smallest absolute Gasteiger partial charge is 0.410 e. The standard InChI is InChI=1S/C18H27BrN2O2/c1-18(2,3)23-17(22)21-10-6-8-14(12-21)16(20-4)13-7-5-9-15(19)11-13/h5,7,9,11,14,16,20H,6,8,10,12H2,1-4H3. The lowest BCUT2D eigenvalue weighted by Crippen LogP contribution is -2.45. The van der Waals surface area contributed by atoms with Gasteiger partial charge in [-0.15, -0.1) is 0 Å². The van der Waals surface area contributed by atoms with Crippen LogP contribution in [0.1, 0.15) is 45.2 Å². The van der Waals surface area contributed by atoms with Crippen LogP contribution in [-0.4, -0.2) is 36.7 Å². The Morgan fingerprint density at radius 3 is 2.78 bits per heavy atom. The molecule has 1 N–H and O–H groups in total. The maximum Gasteiger partial charge on any atom is 0.410 e. The summed E-state index contributed by atoms with van der Waals surface area (Å²) >= 11 is 3.54. The van der Waals surface area contributed by atoms with E-state index < -0.39 is 5.60 Å². The van der Waals surface area contributed by atoms with Crippen LogP contribution in [0.25, 0.3) is 0 Å². The van der Waals surface area contributed by atoms with Gasteiger partial charge in [0, 0.05) is 23.6 Å². The van der Waals surface area contributed by atoms with Crippen LogP contribution in [0.3, 0.4) is 0 Å². The Morgan fingerprint density at radius 2 is 2.17 bits per heavy atom. The molecule has 128 valence electrons. The first kappa shape index (κ1) is 18.3. The van der Waals surface area contributed by atoms with Gasteiger partial charge >= 0.3 is 6.09 Å². The zero-order valence-electron chi connectivity index (χ0n) is 14.4. The van der Waals surface area contributed by atoms with E-state index in [1.165, 1.54) is 5.56 Å². The van der Waals surface area contributed by atoms with Crippen LogP contribution in [0.5, 0.6) is 0 Å². The van der Waals surface area contributed by atoms with Gasteiger partial charge in [0.25, 0.3) is 0 Å². The number of piperidine rings is 1. The van der Waals surface area contributed by atoms with E-state index in [2.05, 4.69) is 39.4 Å². The fourth-order valence-electron chi connectivity index (χ4n) is 3.15. The van der Waals surface area contributed by atoms with Gasteiger partial charge < -0.3 is 15.0 Å². The minimum absolute atomic E-state index is 0.203. The summed E-state index contributed by atoms with van der Waals surface area (Å²) in [6, 6.07) is 8.60. The molecule has 1 heterocycles. The topological polar surface area (TPSA) is 41.6 Å². The molecule has 0 bridgehead atoms.